The van der Waals surface area contributed by atoms with Crippen molar-refractivity contribution < 1.29 is 0 Å². The van der Waals surface area contributed by atoms with Crippen molar-refractivity contribution in [1.82, 2.24) is 10.2 Å². The molecule has 0 spiro atoms. The summed E-state index contributed by atoms with van der Waals surface area (Å²) in [5.74, 6) is 1.90. The maximum Gasteiger partial charge on any atom is 0.0157 e. The third-order valence-electron chi connectivity index (χ3n) is 3.42. The number of thioether (sulfide) groups is 1. The fraction of sp³-hybridized carbons (Fsp3) is 1.00. The summed E-state index contributed by atoms with van der Waals surface area (Å²) < 4.78 is 0. The Labute approximate surface area is 107 Å². The van der Waals surface area contributed by atoms with Crippen LogP contribution in [0.3, 0.4) is 0 Å². The molecule has 0 saturated carbocycles. The van der Waals surface area contributed by atoms with Gasteiger partial charge in [0, 0.05) is 23.9 Å². The van der Waals surface area contributed by atoms with Gasteiger partial charge in [-0.25, -0.2) is 0 Å². The summed E-state index contributed by atoms with van der Waals surface area (Å²) in [6, 6.07) is 1.88. The lowest BCUT2D eigenvalue weighted by molar-refractivity contribution is 0.160. The zero-order chi connectivity index (χ0) is 12.7. The molecule has 0 aliphatic rings. The molecule has 0 rings (SSSR count). The van der Waals surface area contributed by atoms with Crippen molar-refractivity contribution >= 4 is 11.8 Å². The first-order valence-corrected chi connectivity index (χ1v) is 7.73. The van der Waals surface area contributed by atoms with E-state index in [1.165, 1.54) is 5.75 Å². The Balaban J connectivity index is 4.04. The molecule has 0 aromatic heterocycles. The molecule has 0 bridgehead atoms. The molecule has 16 heavy (non-hydrogen) atoms. The van der Waals surface area contributed by atoms with Crippen LogP contribution in [0.1, 0.15) is 34.6 Å². The van der Waals surface area contributed by atoms with Gasteiger partial charge in [0.05, 0.1) is 0 Å². The zero-order valence-electron chi connectivity index (χ0n) is 12.1. The largest absolute Gasteiger partial charge is 0.314 e. The van der Waals surface area contributed by atoms with Gasteiger partial charge in [-0.2, -0.15) is 11.8 Å². The highest BCUT2D eigenvalue weighted by Gasteiger charge is 2.20. The lowest BCUT2D eigenvalue weighted by Crippen LogP contribution is -2.45. The molecular formula is C13H30N2S. The number of hydrogen-bond donors (Lipinski definition) is 1. The summed E-state index contributed by atoms with van der Waals surface area (Å²) in [6.45, 7) is 12.5. The highest BCUT2D eigenvalue weighted by molar-refractivity contribution is 7.98. The van der Waals surface area contributed by atoms with Crippen molar-refractivity contribution in [3.63, 3.8) is 0 Å². The van der Waals surface area contributed by atoms with Crippen LogP contribution in [-0.2, 0) is 0 Å². The first-order chi connectivity index (χ1) is 7.40. The van der Waals surface area contributed by atoms with Gasteiger partial charge < -0.3 is 5.32 Å². The second kappa shape index (κ2) is 8.37. The van der Waals surface area contributed by atoms with E-state index in [2.05, 4.69) is 58.1 Å². The van der Waals surface area contributed by atoms with Gasteiger partial charge >= 0.3 is 0 Å². The number of hydrogen-bond acceptors (Lipinski definition) is 3. The monoisotopic (exact) mass is 246 g/mol. The van der Waals surface area contributed by atoms with E-state index in [9.17, 15) is 0 Å². The molecule has 0 aromatic carbocycles. The molecule has 0 radical (unpaired) electrons. The van der Waals surface area contributed by atoms with E-state index in [1.54, 1.807) is 0 Å². The van der Waals surface area contributed by atoms with E-state index in [1.807, 2.05) is 11.8 Å². The average molecular weight is 246 g/mol. The van der Waals surface area contributed by atoms with Gasteiger partial charge in [-0.05, 0) is 39.6 Å². The SMILES string of the molecule is CSCC(C)N(C)C(C)C(C)CNC(C)C. The molecule has 0 heterocycles. The third-order valence-corrected chi connectivity index (χ3v) is 4.23. The second-order valence-electron chi connectivity index (χ2n) is 5.25. The predicted molar refractivity (Wildman–Crippen MR) is 77.4 cm³/mol. The second-order valence-corrected chi connectivity index (χ2v) is 6.16. The van der Waals surface area contributed by atoms with Crippen LogP contribution < -0.4 is 5.32 Å². The lowest BCUT2D eigenvalue weighted by Gasteiger charge is -2.34. The first-order valence-electron chi connectivity index (χ1n) is 6.34. The van der Waals surface area contributed by atoms with Gasteiger partial charge in [0.2, 0.25) is 0 Å². The summed E-state index contributed by atoms with van der Waals surface area (Å²) in [5.41, 5.74) is 0. The van der Waals surface area contributed by atoms with Crippen LogP contribution in [0.2, 0.25) is 0 Å². The van der Waals surface area contributed by atoms with E-state index in [0.717, 1.165) is 6.54 Å². The molecule has 3 unspecified atom stereocenters. The fourth-order valence-corrected chi connectivity index (χ4v) is 2.47. The molecule has 3 atom stereocenters. The van der Waals surface area contributed by atoms with Crippen molar-refractivity contribution in [2.24, 2.45) is 5.92 Å². The Kier molecular flexibility index (Phi) is 8.52. The molecule has 0 aliphatic heterocycles. The Morgan fingerprint density at radius 1 is 1.12 bits per heavy atom. The van der Waals surface area contributed by atoms with Gasteiger partial charge in [-0.15, -0.1) is 0 Å². The Morgan fingerprint density at radius 3 is 2.12 bits per heavy atom. The van der Waals surface area contributed by atoms with Gasteiger partial charge in [-0.3, -0.25) is 4.90 Å². The molecule has 0 aliphatic carbocycles. The van der Waals surface area contributed by atoms with Gasteiger partial charge in [0.15, 0.2) is 0 Å². The third kappa shape index (κ3) is 6.12. The van der Waals surface area contributed by atoms with E-state index < -0.39 is 0 Å². The smallest absolute Gasteiger partial charge is 0.0157 e. The standard InChI is InChI=1S/C13H30N2S/c1-10(2)14-8-11(3)13(5)15(6)12(4)9-16-7/h10-14H,8-9H2,1-7H3. The van der Waals surface area contributed by atoms with Crippen LogP contribution in [0.15, 0.2) is 0 Å². The van der Waals surface area contributed by atoms with Crippen LogP contribution in [0.25, 0.3) is 0 Å². The highest BCUT2D eigenvalue weighted by atomic mass is 32.2. The van der Waals surface area contributed by atoms with Gasteiger partial charge in [0.1, 0.15) is 0 Å². The minimum absolute atomic E-state index is 0.587. The maximum absolute atomic E-state index is 3.52. The van der Waals surface area contributed by atoms with Crippen molar-refractivity contribution in [1.29, 1.82) is 0 Å². The van der Waals surface area contributed by atoms with Crippen LogP contribution in [0, 0.1) is 5.92 Å². The average Bonchev–Trinajstić information content (AvgIpc) is 2.23. The Bertz CT molecular complexity index is 173. The molecule has 0 aromatic rings. The van der Waals surface area contributed by atoms with Gasteiger partial charge in [0.25, 0.3) is 0 Å². The molecule has 0 saturated heterocycles. The Hall–Kier alpha value is 0.270. The maximum atomic E-state index is 3.52. The normalized spacial score (nSPS) is 17.8. The first kappa shape index (κ1) is 16.3. The highest BCUT2D eigenvalue weighted by Crippen LogP contribution is 2.14. The number of nitrogens with one attached hydrogen (secondary N) is 1. The summed E-state index contributed by atoms with van der Waals surface area (Å²) in [6.07, 6.45) is 2.18. The minimum Gasteiger partial charge on any atom is -0.314 e. The van der Waals surface area contributed by atoms with Crippen LogP contribution in [-0.4, -0.2) is 48.6 Å². The predicted octanol–water partition coefficient (Wildman–Crippen LogP) is 2.69. The quantitative estimate of drug-likeness (QED) is 0.709. The summed E-state index contributed by atoms with van der Waals surface area (Å²) in [7, 11) is 2.25. The lowest BCUT2D eigenvalue weighted by atomic mass is 10.0. The van der Waals surface area contributed by atoms with E-state index in [-0.39, 0.29) is 0 Å². The molecule has 0 amide bonds. The number of nitrogens with zero attached hydrogens (tertiary/aromatic N) is 1. The van der Waals surface area contributed by atoms with E-state index in [0.29, 0.717) is 24.0 Å². The summed E-state index contributed by atoms with van der Waals surface area (Å²) in [4.78, 5) is 2.50. The molecule has 0 fully saturated rings. The molecule has 2 nitrogen and oxygen atoms in total. The molecule has 1 N–H and O–H groups in total. The molecule has 3 heteroatoms. The zero-order valence-corrected chi connectivity index (χ0v) is 12.9. The van der Waals surface area contributed by atoms with Crippen molar-refractivity contribution in [3.05, 3.63) is 0 Å². The van der Waals surface area contributed by atoms with Crippen molar-refractivity contribution in [2.45, 2.75) is 52.7 Å². The topological polar surface area (TPSA) is 15.3 Å². The van der Waals surface area contributed by atoms with Crippen LogP contribution >= 0.6 is 11.8 Å². The molecule has 98 valence electrons. The molecular weight excluding hydrogens is 216 g/mol. The van der Waals surface area contributed by atoms with Crippen LogP contribution in [0.4, 0.5) is 0 Å². The minimum atomic E-state index is 0.587. The van der Waals surface area contributed by atoms with Gasteiger partial charge in [-0.1, -0.05) is 20.8 Å². The van der Waals surface area contributed by atoms with E-state index in [4.69, 9.17) is 0 Å². The fourth-order valence-electron chi connectivity index (χ4n) is 1.75. The Morgan fingerprint density at radius 2 is 1.69 bits per heavy atom. The van der Waals surface area contributed by atoms with E-state index >= 15 is 0 Å². The summed E-state index contributed by atoms with van der Waals surface area (Å²) in [5, 5.41) is 3.52. The van der Waals surface area contributed by atoms with Crippen molar-refractivity contribution in [3.8, 4) is 0 Å². The number of rotatable bonds is 8. The van der Waals surface area contributed by atoms with Crippen LogP contribution in [0.5, 0.6) is 0 Å². The van der Waals surface area contributed by atoms with Crippen molar-refractivity contribution in [2.75, 3.05) is 25.6 Å². The summed E-state index contributed by atoms with van der Waals surface area (Å²) >= 11 is 1.93.